The highest BCUT2D eigenvalue weighted by Crippen LogP contribution is 2.22. The first-order valence-electron chi connectivity index (χ1n) is 7.37. The van der Waals surface area contributed by atoms with E-state index in [1.165, 1.54) is 5.56 Å². The Balaban J connectivity index is 1.93. The van der Waals surface area contributed by atoms with Crippen LogP contribution in [-0.2, 0) is 4.74 Å². The summed E-state index contributed by atoms with van der Waals surface area (Å²) >= 11 is 0. The van der Waals surface area contributed by atoms with Crippen molar-refractivity contribution in [3.05, 3.63) is 29.8 Å². The number of ether oxygens (including phenoxy) is 2. The molecule has 106 valence electrons. The Morgan fingerprint density at radius 2 is 2.32 bits per heavy atom. The van der Waals surface area contributed by atoms with Gasteiger partial charge >= 0.3 is 0 Å². The van der Waals surface area contributed by atoms with E-state index in [9.17, 15) is 0 Å². The average molecular weight is 263 g/mol. The Morgan fingerprint density at radius 1 is 1.42 bits per heavy atom. The van der Waals surface area contributed by atoms with Gasteiger partial charge in [0.25, 0.3) is 0 Å². The lowest BCUT2D eigenvalue weighted by Gasteiger charge is -2.17. The third kappa shape index (κ3) is 4.22. The molecule has 1 saturated heterocycles. The summed E-state index contributed by atoms with van der Waals surface area (Å²) in [7, 11) is 0. The number of hydrogen-bond acceptors (Lipinski definition) is 3. The highest BCUT2D eigenvalue weighted by molar-refractivity contribution is 5.30. The topological polar surface area (TPSA) is 30.5 Å². The van der Waals surface area contributed by atoms with Gasteiger partial charge in [0.05, 0.1) is 13.2 Å². The summed E-state index contributed by atoms with van der Waals surface area (Å²) in [6, 6.07) is 8.87. The van der Waals surface area contributed by atoms with Crippen molar-refractivity contribution in [3.8, 4) is 5.75 Å². The van der Waals surface area contributed by atoms with Gasteiger partial charge in [-0.3, -0.25) is 0 Å². The molecular weight excluding hydrogens is 238 g/mol. The van der Waals surface area contributed by atoms with Crippen molar-refractivity contribution < 1.29 is 9.47 Å². The number of hydrogen-bond donors (Lipinski definition) is 1. The van der Waals surface area contributed by atoms with Crippen LogP contribution in [0, 0.1) is 5.92 Å². The largest absolute Gasteiger partial charge is 0.493 e. The van der Waals surface area contributed by atoms with E-state index in [0.717, 1.165) is 45.0 Å². The Labute approximate surface area is 116 Å². The minimum absolute atomic E-state index is 0.420. The van der Waals surface area contributed by atoms with E-state index in [2.05, 4.69) is 37.4 Å². The summed E-state index contributed by atoms with van der Waals surface area (Å²) in [6.07, 6.45) is 2.21. The summed E-state index contributed by atoms with van der Waals surface area (Å²) in [5.41, 5.74) is 1.31. The van der Waals surface area contributed by atoms with Crippen molar-refractivity contribution >= 4 is 0 Å². The third-order valence-electron chi connectivity index (χ3n) is 3.63. The number of nitrogens with one attached hydrogen (secondary N) is 1. The van der Waals surface area contributed by atoms with Crippen LogP contribution in [0.1, 0.15) is 38.3 Å². The van der Waals surface area contributed by atoms with Crippen LogP contribution in [0.5, 0.6) is 5.75 Å². The van der Waals surface area contributed by atoms with Gasteiger partial charge in [0.2, 0.25) is 0 Å². The molecule has 1 aromatic rings. The molecule has 1 aliphatic heterocycles. The molecule has 0 saturated carbocycles. The van der Waals surface area contributed by atoms with E-state index in [-0.39, 0.29) is 0 Å². The van der Waals surface area contributed by atoms with Crippen molar-refractivity contribution in [1.29, 1.82) is 0 Å². The minimum Gasteiger partial charge on any atom is -0.493 e. The van der Waals surface area contributed by atoms with Gasteiger partial charge in [-0.1, -0.05) is 26.0 Å². The van der Waals surface area contributed by atoms with Gasteiger partial charge in [-0.2, -0.15) is 0 Å². The normalized spacial score (nSPS) is 20.4. The zero-order valence-corrected chi connectivity index (χ0v) is 12.0. The molecule has 2 rings (SSSR count). The monoisotopic (exact) mass is 263 g/mol. The van der Waals surface area contributed by atoms with Gasteiger partial charge < -0.3 is 14.8 Å². The van der Waals surface area contributed by atoms with Crippen LogP contribution >= 0.6 is 0 Å². The lowest BCUT2D eigenvalue weighted by molar-refractivity contribution is 0.167. The van der Waals surface area contributed by atoms with E-state index in [1.54, 1.807) is 0 Å². The van der Waals surface area contributed by atoms with E-state index >= 15 is 0 Å². The molecule has 2 atom stereocenters. The Bertz CT molecular complexity index is 375. The zero-order chi connectivity index (χ0) is 13.5. The predicted molar refractivity (Wildman–Crippen MR) is 77.6 cm³/mol. The molecule has 0 bridgehead atoms. The van der Waals surface area contributed by atoms with Crippen LogP contribution in [0.4, 0.5) is 0 Å². The lowest BCUT2D eigenvalue weighted by Crippen LogP contribution is -2.20. The molecular formula is C16H25NO2. The second kappa shape index (κ2) is 7.51. The van der Waals surface area contributed by atoms with Crippen LogP contribution in [-0.4, -0.2) is 26.4 Å². The maximum atomic E-state index is 5.90. The van der Waals surface area contributed by atoms with Gasteiger partial charge in [0.15, 0.2) is 0 Å². The van der Waals surface area contributed by atoms with Crippen molar-refractivity contribution in [2.75, 3.05) is 26.4 Å². The van der Waals surface area contributed by atoms with Crippen LogP contribution in [0.3, 0.4) is 0 Å². The molecule has 0 aliphatic carbocycles. The molecule has 1 aliphatic rings. The number of benzene rings is 1. The molecule has 0 aromatic heterocycles. The first kappa shape index (κ1) is 14.4. The summed E-state index contributed by atoms with van der Waals surface area (Å²) in [5, 5.41) is 3.50. The van der Waals surface area contributed by atoms with Gasteiger partial charge in [-0.05, 0) is 37.1 Å². The molecule has 0 amide bonds. The van der Waals surface area contributed by atoms with Crippen molar-refractivity contribution in [2.45, 2.75) is 32.7 Å². The van der Waals surface area contributed by atoms with E-state index < -0.39 is 0 Å². The second-order valence-corrected chi connectivity index (χ2v) is 5.13. The maximum Gasteiger partial charge on any atom is 0.119 e. The molecule has 19 heavy (non-hydrogen) atoms. The average Bonchev–Trinajstić information content (AvgIpc) is 2.96. The predicted octanol–water partition coefficient (Wildman–Crippen LogP) is 3.16. The lowest BCUT2D eigenvalue weighted by atomic mass is 10.0. The first-order valence-corrected chi connectivity index (χ1v) is 7.37. The molecule has 1 fully saturated rings. The minimum atomic E-state index is 0.420. The van der Waals surface area contributed by atoms with Gasteiger partial charge in [0, 0.05) is 18.6 Å². The van der Waals surface area contributed by atoms with Crippen LogP contribution in [0.25, 0.3) is 0 Å². The summed E-state index contributed by atoms with van der Waals surface area (Å²) in [6.45, 7) is 7.82. The summed E-state index contributed by atoms with van der Waals surface area (Å²) in [4.78, 5) is 0. The Morgan fingerprint density at radius 3 is 3.00 bits per heavy atom. The highest BCUT2D eigenvalue weighted by atomic mass is 16.5. The Hall–Kier alpha value is -1.06. The molecule has 3 nitrogen and oxygen atoms in total. The molecule has 3 heteroatoms. The summed E-state index contributed by atoms with van der Waals surface area (Å²) < 4.78 is 11.3. The van der Waals surface area contributed by atoms with Crippen LogP contribution < -0.4 is 10.1 Å². The second-order valence-electron chi connectivity index (χ2n) is 5.13. The fraction of sp³-hybridized carbons (Fsp3) is 0.625. The van der Waals surface area contributed by atoms with Crippen LogP contribution in [0.15, 0.2) is 24.3 Å². The third-order valence-corrected chi connectivity index (χ3v) is 3.63. The fourth-order valence-electron chi connectivity index (χ4n) is 2.49. The molecule has 0 spiro atoms. The van der Waals surface area contributed by atoms with Gasteiger partial charge in [-0.15, -0.1) is 0 Å². The molecule has 0 radical (unpaired) electrons. The summed E-state index contributed by atoms with van der Waals surface area (Å²) in [5.74, 6) is 1.53. The zero-order valence-electron chi connectivity index (χ0n) is 12.0. The van der Waals surface area contributed by atoms with Gasteiger partial charge in [0.1, 0.15) is 5.75 Å². The van der Waals surface area contributed by atoms with Crippen LogP contribution in [0.2, 0.25) is 0 Å². The SMILES string of the molecule is CCNC(CC)c1cccc(OCC2CCOC2)c1. The fourth-order valence-corrected chi connectivity index (χ4v) is 2.49. The van der Waals surface area contributed by atoms with E-state index in [1.807, 2.05) is 6.07 Å². The molecule has 2 unspecified atom stereocenters. The Kier molecular flexibility index (Phi) is 5.67. The van der Waals surface area contributed by atoms with Crippen molar-refractivity contribution in [3.63, 3.8) is 0 Å². The van der Waals surface area contributed by atoms with Gasteiger partial charge in [-0.25, -0.2) is 0 Å². The standard InChI is InChI=1S/C16H25NO2/c1-3-16(17-4-2)14-6-5-7-15(10-14)19-12-13-8-9-18-11-13/h5-7,10,13,16-17H,3-4,8-9,11-12H2,1-2H3. The van der Waals surface area contributed by atoms with E-state index in [0.29, 0.717) is 12.0 Å². The van der Waals surface area contributed by atoms with Crippen molar-refractivity contribution in [1.82, 2.24) is 5.32 Å². The molecule has 1 aromatic carbocycles. The smallest absolute Gasteiger partial charge is 0.119 e. The maximum absolute atomic E-state index is 5.90. The molecule has 1 N–H and O–H groups in total. The quantitative estimate of drug-likeness (QED) is 0.819. The highest BCUT2D eigenvalue weighted by Gasteiger charge is 2.16. The molecule has 1 heterocycles. The first-order chi connectivity index (χ1) is 9.33. The van der Waals surface area contributed by atoms with Crippen molar-refractivity contribution in [2.24, 2.45) is 5.92 Å². The number of rotatable bonds is 7. The van der Waals surface area contributed by atoms with E-state index in [4.69, 9.17) is 9.47 Å².